The number of rotatable bonds is 5. The maximum absolute atomic E-state index is 13.7. The lowest BCUT2D eigenvalue weighted by Crippen LogP contribution is -2.44. The number of piperidine rings is 1. The first-order chi connectivity index (χ1) is 13.7. The van der Waals surface area contributed by atoms with E-state index >= 15 is 0 Å². The molecule has 29 heavy (non-hydrogen) atoms. The van der Waals surface area contributed by atoms with Gasteiger partial charge in [0.05, 0.1) is 0 Å². The zero-order valence-electron chi connectivity index (χ0n) is 17.1. The van der Waals surface area contributed by atoms with Gasteiger partial charge in [-0.05, 0) is 86.9 Å². The Labute approximate surface area is 189 Å². The Kier molecular flexibility index (Phi) is 7.18. The predicted molar refractivity (Wildman–Crippen MR) is 122 cm³/mol. The molecule has 0 saturated carbocycles. The van der Waals surface area contributed by atoms with E-state index in [1.807, 2.05) is 38.2 Å². The summed E-state index contributed by atoms with van der Waals surface area (Å²) in [5.41, 5.74) is 2.87. The molecule has 0 aliphatic carbocycles. The molecule has 1 fully saturated rings. The van der Waals surface area contributed by atoms with Crippen LogP contribution in [0.5, 0.6) is 0 Å². The molecular formula is C23H27Br2FN2O. The van der Waals surface area contributed by atoms with E-state index in [4.69, 9.17) is 0 Å². The minimum Gasteiger partial charge on any atom is -0.341 e. The maximum atomic E-state index is 13.7. The van der Waals surface area contributed by atoms with Gasteiger partial charge < -0.3 is 9.80 Å². The van der Waals surface area contributed by atoms with Crippen LogP contribution < -0.4 is 0 Å². The molecule has 0 spiro atoms. The van der Waals surface area contributed by atoms with Crippen molar-refractivity contribution in [3.63, 3.8) is 0 Å². The van der Waals surface area contributed by atoms with Gasteiger partial charge in [-0.15, -0.1) is 0 Å². The van der Waals surface area contributed by atoms with E-state index in [1.54, 1.807) is 11.0 Å². The van der Waals surface area contributed by atoms with Crippen LogP contribution >= 0.6 is 31.9 Å². The quantitative estimate of drug-likeness (QED) is 0.502. The molecule has 0 bridgehead atoms. The smallest absolute Gasteiger partial charge is 0.223 e. The van der Waals surface area contributed by atoms with Crippen molar-refractivity contribution in [1.29, 1.82) is 0 Å². The molecule has 1 amide bonds. The highest BCUT2D eigenvalue weighted by Crippen LogP contribution is 2.40. The van der Waals surface area contributed by atoms with Gasteiger partial charge in [0, 0.05) is 34.4 Å². The molecule has 6 heteroatoms. The van der Waals surface area contributed by atoms with E-state index in [0.29, 0.717) is 13.0 Å². The van der Waals surface area contributed by atoms with Gasteiger partial charge in [0.2, 0.25) is 5.91 Å². The number of nitrogens with zero attached hydrogens (tertiary/aromatic N) is 2. The summed E-state index contributed by atoms with van der Waals surface area (Å²) < 4.78 is 15.7. The van der Waals surface area contributed by atoms with Gasteiger partial charge in [0.15, 0.2) is 0 Å². The van der Waals surface area contributed by atoms with Crippen LogP contribution in [0.15, 0.2) is 45.3 Å². The van der Waals surface area contributed by atoms with Crippen LogP contribution in [0, 0.1) is 12.7 Å². The number of likely N-dealkylation sites (tertiary alicyclic amines) is 1. The maximum Gasteiger partial charge on any atom is 0.223 e. The Morgan fingerprint density at radius 2 is 1.76 bits per heavy atom. The zero-order valence-corrected chi connectivity index (χ0v) is 20.3. The molecular weight excluding hydrogens is 499 g/mol. The molecule has 0 aromatic heterocycles. The second-order valence-corrected chi connectivity index (χ2v) is 10.1. The third-order valence-electron chi connectivity index (χ3n) is 5.96. The highest BCUT2D eigenvalue weighted by atomic mass is 79.9. The topological polar surface area (TPSA) is 23.6 Å². The molecule has 2 aromatic rings. The first kappa shape index (κ1) is 22.4. The van der Waals surface area contributed by atoms with Crippen molar-refractivity contribution >= 4 is 37.8 Å². The van der Waals surface area contributed by atoms with E-state index in [0.717, 1.165) is 51.6 Å². The summed E-state index contributed by atoms with van der Waals surface area (Å²) in [5.74, 6) is -0.104. The molecule has 0 unspecified atom stereocenters. The fourth-order valence-corrected chi connectivity index (χ4v) is 5.69. The Hall–Kier alpha value is -1.24. The van der Waals surface area contributed by atoms with Crippen molar-refractivity contribution in [3.05, 3.63) is 67.9 Å². The van der Waals surface area contributed by atoms with Crippen molar-refractivity contribution in [2.24, 2.45) is 0 Å². The standard InChI is InChI=1S/C23H27Br2FN2O/c1-16-10-20(26)4-5-21(16)23(6-8-27(2)9-7-23)14-22(29)28(3)15-17-11-18(24)13-19(25)12-17/h4-5,10-13H,6-9,14-15H2,1-3H3. The molecule has 0 atom stereocenters. The molecule has 1 aliphatic rings. The van der Waals surface area contributed by atoms with Gasteiger partial charge in [-0.25, -0.2) is 4.39 Å². The lowest BCUT2D eigenvalue weighted by molar-refractivity contribution is -0.132. The van der Waals surface area contributed by atoms with Crippen LogP contribution in [0.4, 0.5) is 4.39 Å². The number of aryl methyl sites for hydroxylation is 1. The summed E-state index contributed by atoms with van der Waals surface area (Å²) in [5, 5.41) is 0. The van der Waals surface area contributed by atoms with Gasteiger partial charge in [0.1, 0.15) is 5.82 Å². The summed E-state index contributed by atoms with van der Waals surface area (Å²) in [7, 11) is 3.97. The number of hydrogen-bond acceptors (Lipinski definition) is 2. The average molecular weight is 526 g/mol. The van der Waals surface area contributed by atoms with E-state index in [1.165, 1.54) is 6.07 Å². The molecule has 2 aromatic carbocycles. The van der Waals surface area contributed by atoms with Crippen LogP contribution in [-0.2, 0) is 16.8 Å². The third kappa shape index (κ3) is 5.47. The second-order valence-electron chi connectivity index (χ2n) is 8.25. The molecule has 156 valence electrons. The Morgan fingerprint density at radius 3 is 2.34 bits per heavy atom. The SMILES string of the molecule is Cc1cc(F)ccc1C1(CC(=O)N(C)Cc2cc(Br)cc(Br)c2)CCN(C)CC1. The van der Waals surface area contributed by atoms with E-state index < -0.39 is 0 Å². The van der Waals surface area contributed by atoms with Gasteiger partial charge in [0.25, 0.3) is 0 Å². The molecule has 0 N–H and O–H groups in total. The number of carbonyl (C=O) groups excluding carboxylic acids is 1. The van der Waals surface area contributed by atoms with Crippen LogP contribution in [0.3, 0.4) is 0 Å². The van der Waals surface area contributed by atoms with Crippen LogP contribution in [0.1, 0.15) is 36.0 Å². The molecule has 1 aliphatic heterocycles. The first-order valence-corrected chi connectivity index (χ1v) is 11.4. The Bertz CT molecular complexity index is 874. The van der Waals surface area contributed by atoms with Gasteiger partial charge in [-0.3, -0.25) is 4.79 Å². The normalized spacial score (nSPS) is 16.6. The molecule has 1 heterocycles. The van der Waals surface area contributed by atoms with Gasteiger partial charge in [-0.1, -0.05) is 37.9 Å². The van der Waals surface area contributed by atoms with E-state index in [9.17, 15) is 9.18 Å². The predicted octanol–water partition coefficient (Wildman–Crippen LogP) is 5.67. The average Bonchev–Trinajstić information content (AvgIpc) is 2.63. The van der Waals surface area contributed by atoms with E-state index in [-0.39, 0.29) is 17.1 Å². The Morgan fingerprint density at radius 1 is 1.14 bits per heavy atom. The molecule has 3 rings (SSSR count). The number of halogens is 3. The monoisotopic (exact) mass is 524 g/mol. The number of hydrogen-bond donors (Lipinski definition) is 0. The summed E-state index contributed by atoms with van der Waals surface area (Å²) in [6.07, 6.45) is 2.24. The number of benzene rings is 2. The van der Waals surface area contributed by atoms with Crippen molar-refractivity contribution in [3.8, 4) is 0 Å². The summed E-state index contributed by atoms with van der Waals surface area (Å²) in [6.45, 7) is 4.37. The molecule has 0 radical (unpaired) electrons. The minimum atomic E-state index is -0.243. The fraction of sp³-hybridized carbons (Fsp3) is 0.435. The molecule has 1 saturated heterocycles. The number of carbonyl (C=O) groups is 1. The highest BCUT2D eigenvalue weighted by Gasteiger charge is 2.39. The van der Waals surface area contributed by atoms with Crippen LogP contribution in [-0.4, -0.2) is 42.9 Å². The number of amides is 1. The van der Waals surface area contributed by atoms with Crippen molar-refractivity contribution in [1.82, 2.24) is 9.80 Å². The largest absolute Gasteiger partial charge is 0.341 e. The summed E-state index contributed by atoms with van der Waals surface area (Å²) >= 11 is 7.02. The van der Waals surface area contributed by atoms with Gasteiger partial charge in [-0.2, -0.15) is 0 Å². The Balaban J connectivity index is 1.82. The van der Waals surface area contributed by atoms with Crippen molar-refractivity contribution in [2.75, 3.05) is 27.2 Å². The van der Waals surface area contributed by atoms with Gasteiger partial charge >= 0.3 is 0 Å². The van der Waals surface area contributed by atoms with E-state index in [2.05, 4.69) is 43.8 Å². The third-order valence-corrected chi connectivity index (χ3v) is 6.88. The van der Waals surface area contributed by atoms with Crippen LogP contribution in [0.25, 0.3) is 0 Å². The lowest BCUT2D eigenvalue weighted by Gasteiger charge is -2.42. The fourth-order valence-electron chi connectivity index (χ4n) is 4.30. The van der Waals surface area contributed by atoms with Crippen molar-refractivity contribution in [2.45, 2.75) is 38.1 Å². The summed E-state index contributed by atoms with van der Waals surface area (Å²) in [4.78, 5) is 17.3. The molecule has 3 nitrogen and oxygen atoms in total. The lowest BCUT2D eigenvalue weighted by atomic mass is 9.69. The summed E-state index contributed by atoms with van der Waals surface area (Å²) in [6, 6.07) is 11.0. The second kappa shape index (κ2) is 9.27. The highest BCUT2D eigenvalue weighted by molar-refractivity contribution is 9.11. The first-order valence-electron chi connectivity index (χ1n) is 9.83. The minimum absolute atomic E-state index is 0.120. The zero-order chi connectivity index (χ0) is 21.2. The van der Waals surface area contributed by atoms with Crippen molar-refractivity contribution < 1.29 is 9.18 Å². The van der Waals surface area contributed by atoms with Crippen LogP contribution in [0.2, 0.25) is 0 Å².